The van der Waals surface area contributed by atoms with E-state index in [1.54, 1.807) is 24.1 Å². The number of ether oxygens (including phenoxy) is 1. The number of nitrogens with zero attached hydrogens (tertiary/aromatic N) is 2. The number of aryl methyl sites for hydroxylation is 1. The smallest absolute Gasteiger partial charge is 0.194 e. The zero-order chi connectivity index (χ0) is 11.4. The molecule has 15 heavy (non-hydrogen) atoms. The molecule has 0 saturated carbocycles. The van der Waals surface area contributed by atoms with Crippen LogP contribution in [0.4, 0.5) is 0 Å². The zero-order valence-electron chi connectivity index (χ0n) is 9.73. The number of hydrogen-bond donors (Lipinski definition) is 0. The lowest BCUT2D eigenvalue weighted by atomic mass is 9.99. The molecule has 0 N–H and O–H groups in total. The molecule has 0 aromatic carbocycles. The van der Waals surface area contributed by atoms with Crippen molar-refractivity contribution in [1.82, 2.24) is 9.78 Å². The molecule has 1 rings (SSSR count). The van der Waals surface area contributed by atoms with Gasteiger partial charge in [0.15, 0.2) is 5.78 Å². The number of Topliss-reactive ketones (excluding diaryl/α,β-unsaturated/α-hetero) is 1. The van der Waals surface area contributed by atoms with Gasteiger partial charge in [0.05, 0.1) is 11.8 Å². The van der Waals surface area contributed by atoms with Gasteiger partial charge in [-0.05, 0) is 12.8 Å². The molecule has 4 nitrogen and oxygen atoms in total. The van der Waals surface area contributed by atoms with Gasteiger partial charge in [-0.3, -0.25) is 9.48 Å². The lowest BCUT2D eigenvalue weighted by Crippen LogP contribution is -2.29. The number of rotatable bonds is 5. The number of ketones is 1. The third-order valence-electron chi connectivity index (χ3n) is 2.20. The van der Waals surface area contributed by atoms with Gasteiger partial charge in [-0.15, -0.1) is 0 Å². The first-order valence-corrected chi connectivity index (χ1v) is 5.20. The van der Waals surface area contributed by atoms with Gasteiger partial charge in [0.1, 0.15) is 6.10 Å². The molecule has 0 aliphatic carbocycles. The molecule has 0 spiro atoms. The Bertz CT molecular complexity index is 331. The first kappa shape index (κ1) is 11.9. The first-order valence-electron chi connectivity index (χ1n) is 5.20. The SMILES string of the molecule is CCOC(C(=O)c1cnn(C)c1)C(C)C. The van der Waals surface area contributed by atoms with Gasteiger partial charge in [-0.1, -0.05) is 13.8 Å². The molecule has 0 saturated heterocycles. The van der Waals surface area contributed by atoms with Crippen LogP contribution >= 0.6 is 0 Å². The maximum Gasteiger partial charge on any atom is 0.194 e. The highest BCUT2D eigenvalue weighted by Crippen LogP contribution is 2.13. The Balaban J connectivity index is 2.80. The lowest BCUT2D eigenvalue weighted by Gasteiger charge is -2.18. The largest absolute Gasteiger partial charge is 0.370 e. The Kier molecular flexibility index (Phi) is 4.03. The lowest BCUT2D eigenvalue weighted by molar-refractivity contribution is 0.0279. The molecule has 0 fully saturated rings. The number of aromatic nitrogens is 2. The minimum Gasteiger partial charge on any atom is -0.370 e. The van der Waals surface area contributed by atoms with Gasteiger partial charge in [-0.2, -0.15) is 5.10 Å². The van der Waals surface area contributed by atoms with Crippen LogP contribution in [0.2, 0.25) is 0 Å². The Morgan fingerprint density at radius 2 is 2.27 bits per heavy atom. The molecule has 1 atom stereocenters. The Morgan fingerprint density at radius 3 is 2.67 bits per heavy atom. The summed E-state index contributed by atoms with van der Waals surface area (Å²) in [5.41, 5.74) is 0.615. The molecule has 84 valence electrons. The summed E-state index contributed by atoms with van der Waals surface area (Å²) in [5, 5.41) is 3.98. The predicted octanol–water partition coefficient (Wildman–Crippen LogP) is 1.66. The van der Waals surface area contributed by atoms with E-state index in [0.29, 0.717) is 12.2 Å². The van der Waals surface area contributed by atoms with Crippen LogP contribution in [0.1, 0.15) is 31.1 Å². The second kappa shape index (κ2) is 5.07. The van der Waals surface area contributed by atoms with E-state index in [9.17, 15) is 4.79 Å². The summed E-state index contributed by atoms with van der Waals surface area (Å²) < 4.78 is 7.06. The third-order valence-corrected chi connectivity index (χ3v) is 2.20. The van der Waals surface area contributed by atoms with Crippen LogP contribution in [0.5, 0.6) is 0 Å². The normalized spacial score (nSPS) is 13.1. The van der Waals surface area contributed by atoms with Gasteiger partial charge in [0.25, 0.3) is 0 Å². The summed E-state index contributed by atoms with van der Waals surface area (Å²) in [6, 6.07) is 0. The van der Waals surface area contributed by atoms with Crippen LogP contribution in [0, 0.1) is 5.92 Å². The average Bonchev–Trinajstić information content (AvgIpc) is 2.59. The van der Waals surface area contributed by atoms with E-state index < -0.39 is 0 Å². The van der Waals surface area contributed by atoms with Crippen LogP contribution in [0.25, 0.3) is 0 Å². The second-order valence-corrected chi connectivity index (χ2v) is 3.89. The molecule has 4 heteroatoms. The maximum atomic E-state index is 12.0. The fraction of sp³-hybridized carbons (Fsp3) is 0.636. The third kappa shape index (κ3) is 2.89. The van der Waals surface area contributed by atoms with Crippen molar-refractivity contribution in [3.8, 4) is 0 Å². The van der Waals surface area contributed by atoms with E-state index in [2.05, 4.69) is 5.10 Å². The fourth-order valence-electron chi connectivity index (χ4n) is 1.46. The maximum absolute atomic E-state index is 12.0. The number of hydrogen-bond acceptors (Lipinski definition) is 3. The van der Waals surface area contributed by atoms with Crippen molar-refractivity contribution in [2.24, 2.45) is 13.0 Å². The van der Waals surface area contributed by atoms with E-state index in [1.807, 2.05) is 20.8 Å². The highest BCUT2D eigenvalue weighted by Gasteiger charge is 2.24. The molecule has 1 aromatic heterocycles. The van der Waals surface area contributed by atoms with E-state index in [4.69, 9.17) is 4.74 Å². The first-order chi connectivity index (χ1) is 7.06. The molecule has 0 bridgehead atoms. The topological polar surface area (TPSA) is 44.1 Å². The Labute approximate surface area is 90.2 Å². The predicted molar refractivity (Wildman–Crippen MR) is 57.8 cm³/mol. The summed E-state index contributed by atoms with van der Waals surface area (Å²) in [6.45, 7) is 6.41. The van der Waals surface area contributed by atoms with Gasteiger partial charge < -0.3 is 4.74 Å². The van der Waals surface area contributed by atoms with Gasteiger partial charge >= 0.3 is 0 Å². The molecule has 0 radical (unpaired) electrons. The van der Waals surface area contributed by atoms with Crippen molar-refractivity contribution < 1.29 is 9.53 Å². The van der Waals surface area contributed by atoms with E-state index in [-0.39, 0.29) is 17.8 Å². The molecule has 0 aliphatic heterocycles. The summed E-state index contributed by atoms with van der Waals surface area (Å²) >= 11 is 0. The monoisotopic (exact) mass is 210 g/mol. The molecule has 1 aromatic rings. The van der Waals surface area contributed by atoms with Crippen LogP contribution in [-0.4, -0.2) is 28.3 Å². The van der Waals surface area contributed by atoms with E-state index in [1.165, 1.54) is 0 Å². The highest BCUT2D eigenvalue weighted by molar-refractivity contribution is 5.99. The van der Waals surface area contributed by atoms with Crippen molar-refractivity contribution in [2.75, 3.05) is 6.61 Å². The van der Waals surface area contributed by atoms with Gasteiger partial charge in [-0.25, -0.2) is 0 Å². The quantitative estimate of drug-likeness (QED) is 0.694. The highest BCUT2D eigenvalue weighted by atomic mass is 16.5. The van der Waals surface area contributed by atoms with Crippen molar-refractivity contribution >= 4 is 5.78 Å². The second-order valence-electron chi connectivity index (χ2n) is 3.89. The van der Waals surface area contributed by atoms with Crippen molar-refractivity contribution in [2.45, 2.75) is 26.9 Å². The molecule has 0 amide bonds. The van der Waals surface area contributed by atoms with Crippen LogP contribution in [0.15, 0.2) is 12.4 Å². The Hall–Kier alpha value is -1.16. The molecule has 0 aliphatic rings. The van der Waals surface area contributed by atoms with Gasteiger partial charge in [0, 0.05) is 19.9 Å². The fourth-order valence-corrected chi connectivity index (χ4v) is 1.46. The number of carbonyl (C=O) groups is 1. The molecule has 1 heterocycles. The van der Waals surface area contributed by atoms with Crippen LogP contribution in [0.3, 0.4) is 0 Å². The molecular formula is C11H18N2O2. The summed E-state index contributed by atoms with van der Waals surface area (Å²) in [4.78, 5) is 12.0. The summed E-state index contributed by atoms with van der Waals surface area (Å²) in [7, 11) is 1.79. The average molecular weight is 210 g/mol. The van der Waals surface area contributed by atoms with Crippen LogP contribution < -0.4 is 0 Å². The van der Waals surface area contributed by atoms with Crippen molar-refractivity contribution in [3.63, 3.8) is 0 Å². The van der Waals surface area contributed by atoms with Crippen molar-refractivity contribution in [3.05, 3.63) is 18.0 Å². The van der Waals surface area contributed by atoms with Gasteiger partial charge in [0.2, 0.25) is 0 Å². The van der Waals surface area contributed by atoms with E-state index >= 15 is 0 Å². The summed E-state index contributed by atoms with van der Waals surface area (Å²) in [6.07, 6.45) is 2.94. The molecular weight excluding hydrogens is 192 g/mol. The minimum atomic E-state index is -0.362. The standard InChI is InChI=1S/C11H18N2O2/c1-5-15-11(8(2)3)10(14)9-6-12-13(4)7-9/h6-8,11H,5H2,1-4H3. The van der Waals surface area contributed by atoms with Crippen LogP contribution in [-0.2, 0) is 11.8 Å². The van der Waals surface area contributed by atoms with E-state index in [0.717, 1.165) is 0 Å². The zero-order valence-corrected chi connectivity index (χ0v) is 9.73. The number of carbonyl (C=O) groups excluding carboxylic acids is 1. The van der Waals surface area contributed by atoms with Crippen molar-refractivity contribution in [1.29, 1.82) is 0 Å². The Morgan fingerprint density at radius 1 is 1.60 bits per heavy atom. The summed E-state index contributed by atoms with van der Waals surface area (Å²) in [5.74, 6) is 0.192. The molecule has 1 unspecified atom stereocenters. The minimum absolute atomic E-state index is 0.0138.